The topological polar surface area (TPSA) is 29.1 Å². The first-order valence-corrected chi connectivity index (χ1v) is 7.31. The molecule has 0 saturated heterocycles. The van der Waals surface area contributed by atoms with Crippen LogP contribution in [0.25, 0.3) is 0 Å². The molecule has 2 aromatic rings. The number of hydrogen-bond acceptors (Lipinski definition) is 2. The molecular formula is C17H15ClFNO. The number of rotatable bonds is 3. The van der Waals surface area contributed by atoms with E-state index in [1.807, 2.05) is 18.2 Å². The summed E-state index contributed by atoms with van der Waals surface area (Å²) in [6.07, 6.45) is 1.05. The fraction of sp³-hybridized carbons (Fsp3) is 0.235. The van der Waals surface area contributed by atoms with Gasteiger partial charge in [0.2, 0.25) is 0 Å². The fourth-order valence-corrected chi connectivity index (χ4v) is 2.96. The molecule has 1 heterocycles. The molecule has 0 amide bonds. The van der Waals surface area contributed by atoms with E-state index < -0.39 is 0 Å². The van der Waals surface area contributed by atoms with E-state index in [1.54, 1.807) is 6.07 Å². The predicted octanol–water partition coefficient (Wildman–Crippen LogP) is 3.55. The third-order valence-electron chi connectivity index (χ3n) is 3.81. The van der Waals surface area contributed by atoms with Crippen LogP contribution in [0, 0.1) is 5.82 Å². The summed E-state index contributed by atoms with van der Waals surface area (Å²) in [5.41, 5.74) is 3.72. The third kappa shape index (κ3) is 2.99. The van der Waals surface area contributed by atoms with Crippen molar-refractivity contribution in [1.82, 2.24) is 5.32 Å². The van der Waals surface area contributed by atoms with Crippen molar-refractivity contribution >= 4 is 17.4 Å². The molecule has 0 atom stereocenters. The van der Waals surface area contributed by atoms with Crippen molar-refractivity contribution in [3.05, 3.63) is 69.5 Å². The van der Waals surface area contributed by atoms with Gasteiger partial charge in [0.1, 0.15) is 5.82 Å². The van der Waals surface area contributed by atoms with E-state index in [4.69, 9.17) is 11.6 Å². The molecule has 0 spiro atoms. The molecule has 0 aliphatic carbocycles. The highest BCUT2D eigenvalue weighted by Gasteiger charge is 2.18. The minimum atomic E-state index is -0.389. The SMILES string of the molecule is O=C(Cc1ccc(F)cc1Cl)c1cccc2c1CCNC2. The Kier molecular flexibility index (Phi) is 4.04. The van der Waals surface area contributed by atoms with Gasteiger partial charge in [0.25, 0.3) is 0 Å². The van der Waals surface area contributed by atoms with Gasteiger partial charge in [-0.25, -0.2) is 4.39 Å². The van der Waals surface area contributed by atoms with Gasteiger partial charge in [0.15, 0.2) is 5.78 Å². The number of nitrogens with one attached hydrogen (secondary N) is 1. The van der Waals surface area contributed by atoms with Crippen LogP contribution in [0.1, 0.15) is 27.0 Å². The van der Waals surface area contributed by atoms with E-state index in [0.29, 0.717) is 10.6 Å². The molecular weight excluding hydrogens is 289 g/mol. The van der Waals surface area contributed by atoms with E-state index in [9.17, 15) is 9.18 Å². The number of ketones is 1. The van der Waals surface area contributed by atoms with Gasteiger partial charge in [-0.15, -0.1) is 0 Å². The second kappa shape index (κ2) is 5.96. The summed E-state index contributed by atoms with van der Waals surface area (Å²) < 4.78 is 13.1. The molecule has 2 aromatic carbocycles. The van der Waals surface area contributed by atoms with Gasteiger partial charge in [-0.3, -0.25) is 4.79 Å². The van der Waals surface area contributed by atoms with Gasteiger partial charge in [-0.1, -0.05) is 35.9 Å². The standard InChI is InChI=1S/C17H15ClFNO/c18-16-9-13(19)5-4-11(16)8-17(21)15-3-1-2-12-10-20-7-6-14(12)15/h1-5,9,20H,6-8,10H2. The Morgan fingerprint density at radius 1 is 1.29 bits per heavy atom. The molecule has 0 fully saturated rings. The van der Waals surface area contributed by atoms with Gasteiger partial charge >= 0.3 is 0 Å². The summed E-state index contributed by atoms with van der Waals surface area (Å²) in [4.78, 5) is 12.6. The Balaban J connectivity index is 1.89. The van der Waals surface area contributed by atoms with Crippen LogP contribution in [-0.2, 0) is 19.4 Å². The molecule has 108 valence electrons. The summed E-state index contributed by atoms with van der Waals surface area (Å²) in [6.45, 7) is 1.68. The second-order valence-corrected chi connectivity index (χ2v) is 5.61. The lowest BCUT2D eigenvalue weighted by atomic mass is 9.91. The van der Waals surface area contributed by atoms with Crippen LogP contribution in [0.15, 0.2) is 36.4 Å². The van der Waals surface area contributed by atoms with Gasteiger partial charge in [-0.05, 0) is 41.8 Å². The van der Waals surface area contributed by atoms with Crippen LogP contribution in [0.5, 0.6) is 0 Å². The van der Waals surface area contributed by atoms with Gasteiger partial charge < -0.3 is 5.32 Å². The highest BCUT2D eigenvalue weighted by molar-refractivity contribution is 6.31. The predicted molar refractivity (Wildman–Crippen MR) is 81.3 cm³/mol. The maximum Gasteiger partial charge on any atom is 0.167 e. The lowest BCUT2D eigenvalue weighted by Gasteiger charge is -2.19. The molecule has 0 aromatic heterocycles. The minimum absolute atomic E-state index is 0.0299. The molecule has 21 heavy (non-hydrogen) atoms. The normalized spacial score (nSPS) is 13.8. The van der Waals surface area contributed by atoms with E-state index in [2.05, 4.69) is 5.32 Å². The average molecular weight is 304 g/mol. The lowest BCUT2D eigenvalue weighted by Crippen LogP contribution is -2.25. The highest BCUT2D eigenvalue weighted by Crippen LogP contribution is 2.23. The molecule has 1 aliphatic rings. The number of carbonyl (C=O) groups is 1. The van der Waals surface area contributed by atoms with Crippen molar-refractivity contribution in [3.63, 3.8) is 0 Å². The van der Waals surface area contributed by atoms with Gasteiger partial charge in [-0.2, -0.15) is 0 Å². The third-order valence-corrected chi connectivity index (χ3v) is 4.16. The van der Waals surface area contributed by atoms with Crippen molar-refractivity contribution in [2.24, 2.45) is 0 Å². The minimum Gasteiger partial charge on any atom is -0.312 e. The van der Waals surface area contributed by atoms with Crippen molar-refractivity contribution < 1.29 is 9.18 Å². The number of fused-ring (bicyclic) bond motifs is 1. The number of carbonyl (C=O) groups excluding carboxylic acids is 1. The first kappa shape index (κ1) is 14.2. The van der Waals surface area contributed by atoms with Crippen molar-refractivity contribution in [1.29, 1.82) is 0 Å². The van der Waals surface area contributed by atoms with Crippen LogP contribution in [0.2, 0.25) is 5.02 Å². The van der Waals surface area contributed by atoms with Gasteiger partial charge in [0.05, 0.1) is 0 Å². The highest BCUT2D eigenvalue weighted by atomic mass is 35.5. The Hall–Kier alpha value is -1.71. The summed E-state index contributed by atoms with van der Waals surface area (Å²) in [5, 5.41) is 3.60. The zero-order chi connectivity index (χ0) is 14.8. The fourth-order valence-electron chi connectivity index (χ4n) is 2.73. The number of hydrogen-bond donors (Lipinski definition) is 1. The maximum absolute atomic E-state index is 13.1. The summed E-state index contributed by atoms with van der Waals surface area (Å²) in [5.74, 6) is -0.360. The van der Waals surface area contributed by atoms with Crippen LogP contribution in [0.4, 0.5) is 4.39 Å². The Morgan fingerprint density at radius 2 is 2.14 bits per heavy atom. The number of halogens is 2. The first-order chi connectivity index (χ1) is 10.1. The van der Waals surface area contributed by atoms with Crippen molar-refractivity contribution in [3.8, 4) is 0 Å². The van der Waals surface area contributed by atoms with E-state index in [0.717, 1.165) is 30.6 Å². The first-order valence-electron chi connectivity index (χ1n) is 6.94. The smallest absolute Gasteiger partial charge is 0.167 e. The van der Waals surface area contributed by atoms with E-state index in [1.165, 1.54) is 17.7 Å². The molecule has 1 N–H and O–H groups in total. The molecule has 0 unspecified atom stereocenters. The quantitative estimate of drug-likeness (QED) is 0.879. The van der Waals surface area contributed by atoms with E-state index >= 15 is 0 Å². The molecule has 4 heteroatoms. The largest absolute Gasteiger partial charge is 0.312 e. The zero-order valence-electron chi connectivity index (χ0n) is 11.5. The van der Waals surface area contributed by atoms with Crippen LogP contribution >= 0.6 is 11.6 Å². The summed E-state index contributed by atoms with van der Waals surface area (Å²) in [7, 11) is 0. The van der Waals surface area contributed by atoms with Crippen LogP contribution in [0.3, 0.4) is 0 Å². The average Bonchev–Trinajstić information content (AvgIpc) is 2.49. The maximum atomic E-state index is 13.1. The Bertz CT molecular complexity index is 699. The molecule has 1 aliphatic heterocycles. The molecule has 0 radical (unpaired) electrons. The van der Waals surface area contributed by atoms with Crippen LogP contribution in [-0.4, -0.2) is 12.3 Å². The number of benzene rings is 2. The second-order valence-electron chi connectivity index (χ2n) is 5.21. The molecule has 2 nitrogen and oxygen atoms in total. The van der Waals surface area contributed by atoms with E-state index in [-0.39, 0.29) is 18.0 Å². The van der Waals surface area contributed by atoms with Crippen molar-refractivity contribution in [2.75, 3.05) is 6.54 Å². The number of Topliss-reactive ketones (excluding diaryl/α,β-unsaturated/α-hetero) is 1. The molecule has 0 saturated carbocycles. The lowest BCUT2D eigenvalue weighted by molar-refractivity contribution is 0.0991. The van der Waals surface area contributed by atoms with Gasteiger partial charge in [0, 0.05) is 23.6 Å². The monoisotopic (exact) mass is 303 g/mol. The molecule has 0 bridgehead atoms. The molecule has 3 rings (SSSR count). The Morgan fingerprint density at radius 3 is 2.95 bits per heavy atom. The zero-order valence-corrected chi connectivity index (χ0v) is 12.2. The Labute approximate surface area is 127 Å². The summed E-state index contributed by atoms with van der Waals surface area (Å²) in [6, 6.07) is 9.97. The van der Waals surface area contributed by atoms with Crippen LogP contribution < -0.4 is 5.32 Å². The summed E-state index contributed by atoms with van der Waals surface area (Å²) >= 11 is 6.00. The van der Waals surface area contributed by atoms with Crippen molar-refractivity contribution in [2.45, 2.75) is 19.4 Å².